The first-order valence-electron chi connectivity index (χ1n) is 5.49. The van der Waals surface area contributed by atoms with E-state index in [-0.39, 0.29) is 0 Å². The molecule has 1 aromatic heterocycles. The second-order valence-electron chi connectivity index (χ2n) is 4.60. The van der Waals surface area contributed by atoms with Crippen LogP contribution in [-0.4, -0.2) is 4.37 Å². The first-order chi connectivity index (χ1) is 7.11. The number of benzene rings is 1. The average molecular weight is 219 g/mol. The van der Waals surface area contributed by atoms with Crippen LogP contribution in [0, 0.1) is 0 Å². The quantitative estimate of drug-likeness (QED) is 0.722. The van der Waals surface area contributed by atoms with Crippen LogP contribution in [0.25, 0.3) is 10.1 Å². The monoisotopic (exact) mass is 219 g/mol. The fourth-order valence-electron chi connectivity index (χ4n) is 1.87. The largest absolute Gasteiger partial charge is 0.196 e. The highest BCUT2D eigenvalue weighted by atomic mass is 32.1. The molecule has 15 heavy (non-hydrogen) atoms. The van der Waals surface area contributed by atoms with Crippen molar-refractivity contribution in [2.75, 3.05) is 0 Å². The Morgan fingerprint density at radius 2 is 1.80 bits per heavy atom. The lowest BCUT2D eigenvalue weighted by Gasteiger charge is -2.06. The van der Waals surface area contributed by atoms with Crippen molar-refractivity contribution < 1.29 is 0 Å². The molecule has 2 rings (SSSR count). The van der Waals surface area contributed by atoms with Crippen LogP contribution in [0.15, 0.2) is 18.2 Å². The standard InChI is InChI=1S/C13H17NS/c1-8(2)10-6-5-7-11-12(9(3)4)14-15-13(10)11/h5-9H,1-4H3. The van der Waals surface area contributed by atoms with Crippen LogP contribution in [0.2, 0.25) is 0 Å². The molecule has 0 saturated carbocycles. The molecule has 0 aliphatic heterocycles. The smallest absolute Gasteiger partial charge is 0.0646 e. The summed E-state index contributed by atoms with van der Waals surface area (Å²) in [7, 11) is 0. The maximum absolute atomic E-state index is 4.58. The summed E-state index contributed by atoms with van der Waals surface area (Å²) in [5, 5.41) is 1.35. The Hall–Kier alpha value is -0.890. The summed E-state index contributed by atoms with van der Waals surface area (Å²) < 4.78 is 5.95. The third-order valence-electron chi connectivity index (χ3n) is 2.73. The summed E-state index contributed by atoms with van der Waals surface area (Å²) in [6.45, 7) is 8.89. The number of rotatable bonds is 2. The third-order valence-corrected chi connectivity index (χ3v) is 3.65. The summed E-state index contributed by atoms with van der Waals surface area (Å²) in [5.41, 5.74) is 2.68. The lowest BCUT2D eigenvalue weighted by Crippen LogP contribution is -1.89. The van der Waals surface area contributed by atoms with Gasteiger partial charge in [0.2, 0.25) is 0 Å². The molecule has 0 spiro atoms. The minimum absolute atomic E-state index is 0.515. The van der Waals surface area contributed by atoms with Crippen molar-refractivity contribution in [3.63, 3.8) is 0 Å². The van der Waals surface area contributed by atoms with Gasteiger partial charge in [-0.25, -0.2) is 0 Å². The van der Waals surface area contributed by atoms with E-state index in [1.165, 1.54) is 21.3 Å². The van der Waals surface area contributed by atoms with Gasteiger partial charge in [0.1, 0.15) is 0 Å². The lowest BCUT2D eigenvalue weighted by atomic mass is 9.99. The normalized spacial score (nSPS) is 11.9. The van der Waals surface area contributed by atoms with Gasteiger partial charge in [0.15, 0.2) is 0 Å². The van der Waals surface area contributed by atoms with Crippen LogP contribution < -0.4 is 0 Å². The molecule has 1 aromatic carbocycles. The Balaban J connectivity index is 2.69. The van der Waals surface area contributed by atoms with Gasteiger partial charge in [-0.05, 0) is 28.9 Å². The first-order valence-corrected chi connectivity index (χ1v) is 6.26. The predicted molar refractivity (Wildman–Crippen MR) is 67.8 cm³/mol. The van der Waals surface area contributed by atoms with Gasteiger partial charge < -0.3 is 0 Å². The molecule has 1 heterocycles. The topological polar surface area (TPSA) is 12.9 Å². The van der Waals surface area contributed by atoms with E-state index in [1.54, 1.807) is 11.5 Å². The van der Waals surface area contributed by atoms with Gasteiger partial charge in [0.25, 0.3) is 0 Å². The predicted octanol–water partition coefficient (Wildman–Crippen LogP) is 4.54. The van der Waals surface area contributed by atoms with E-state index in [0.29, 0.717) is 11.8 Å². The van der Waals surface area contributed by atoms with Crippen LogP contribution >= 0.6 is 11.5 Å². The van der Waals surface area contributed by atoms with Crippen molar-refractivity contribution in [2.24, 2.45) is 0 Å². The molecule has 2 heteroatoms. The van der Waals surface area contributed by atoms with Gasteiger partial charge >= 0.3 is 0 Å². The summed E-state index contributed by atoms with van der Waals surface area (Å²) in [4.78, 5) is 0. The lowest BCUT2D eigenvalue weighted by molar-refractivity contribution is 0.849. The number of hydrogen-bond acceptors (Lipinski definition) is 2. The van der Waals surface area contributed by atoms with Gasteiger partial charge in [-0.2, -0.15) is 4.37 Å². The van der Waals surface area contributed by atoms with E-state index in [1.807, 2.05) is 0 Å². The van der Waals surface area contributed by atoms with Gasteiger partial charge in [-0.3, -0.25) is 0 Å². The van der Waals surface area contributed by atoms with E-state index in [2.05, 4.69) is 50.3 Å². The molecule has 0 N–H and O–H groups in total. The second-order valence-corrected chi connectivity index (χ2v) is 5.37. The highest BCUT2D eigenvalue weighted by Gasteiger charge is 2.13. The maximum Gasteiger partial charge on any atom is 0.0646 e. The summed E-state index contributed by atoms with van der Waals surface area (Å²) in [5.74, 6) is 1.09. The fraction of sp³-hybridized carbons (Fsp3) is 0.462. The van der Waals surface area contributed by atoms with Crippen molar-refractivity contribution >= 4 is 21.6 Å². The zero-order chi connectivity index (χ0) is 11.0. The molecule has 0 fully saturated rings. The molecule has 0 unspecified atom stereocenters. The SMILES string of the molecule is CC(C)c1nsc2c(C(C)C)cccc12. The highest BCUT2D eigenvalue weighted by molar-refractivity contribution is 7.13. The summed E-state index contributed by atoms with van der Waals surface area (Å²) >= 11 is 1.65. The zero-order valence-corrected chi connectivity index (χ0v) is 10.6. The molecule has 0 saturated heterocycles. The molecule has 0 amide bonds. The van der Waals surface area contributed by atoms with E-state index < -0.39 is 0 Å². The first kappa shape index (κ1) is 10.6. The zero-order valence-electron chi connectivity index (χ0n) is 9.74. The third kappa shape index (κ3) is 1.78. The molecular weight excluding hydrogens is 202 g/mol. The summed E-state index contributed by atoms with van der Waals surface area (Å²) in [6, 6.07) is 6.56. The minimum atomic E-state index is 0.515. The van der Waals surface area contributed by atoms with Gasteiger partial charge in [-0.1, -0.05) is 45.9 Å². The second kappa shape index (κ2) is 3.93. The van der Waals surface area contributed by atoms with Crippen molar-refractivity contribution in [1.29, 1.82) is 0 Å². The van der Waals surface area contributed by atoms with Crippen LogP contribution in [0.3, 0.4) is 0 Å². The van der Waals surface area contributed by atoms with Crippen LogP contribution in [0.1, 0.15) is 50.8 Å². The van der Waals surface area contributed by atoms with Crippen molar-refractivity contribution in [3.8, 4) is 0 Å². The van der Waals surface area contributed by atoms with Crippen molar-refractivity contribution in [1.82, 2.24) is 4.37 Å². The Bertz CT molecular complexity index is 468. The molecule has 0 aliphatic carbocycles. The average Bonchev–Trinajstić information content (AvgIpc) is 2.59. The molecule has 0 aliphatic rings. The number of hydrogen-bond donors (Lipinski definition) is 0. The van der Waals surface area contributed by atoms with E-state index in [9.17, 15) is 0 Å². The van der Waals surface area contributed by atoms with Gasteiger partial charge in [0, 0.05) is 5.39 Å². The fourth-order valence-corrected chi connectivity index (χ4v) is 3.05. The minimum Gasteiger partial charge on any atom is -0.196 e. The van der Waals surface area contributed by atoms with Crippen molar-refractivity contribution in [2.45, 2.75) is 39.5 Å². The van der Waals surface area contributed by atoms with Crippen LogP contribution in [0.4, 0.5) is 0 Å². The molecule has 0 radical (unpaired) electrons. The Morgan fingerprint density at radius 3 is 2.40 bits per heavy atom. The Morgan fingerprint density at radius 1 is 1.07 bits per heavy atom. The Kier molecular flexibility index (Phi) is 2.79. The van der Waals surface area contributed by atoms with E-state index >= 15 is 0 Å². The molecule has 1 nitrogen and oxygen atoms in total. The molecule has 2 aromatic rings. The molecule has 0 bridgehead atoms. The number of aromatic nitrogens is 1. The van der Waals surface area contributed by atoms with Gasteiger partial charge in [-0.15, -0.1) is 0 Å². The highest BCUT2D eigenvalue weighted by Crippen LogP contribution is 2.33. The molecule has 80 valence electrons. The number of fused-ring (bicyclic) bond motifs is 1. The van der Waals surface area contributed by atoms with Gasteiger partial charge in [0.05, 0.1) is 10.4 Å². The summed E-state index contributed by atoms with van der Waals surface area (Å²) in [6.07, 6.45) is 0. The Labute approximate surface area is 95.3 Å². The molecular formula is C13H17NS. The van der Waals surface area contributed by atoms with Crippen LogP contribution in [0.5, 0.6) is 0 Å². The van der Waals surface area contributed by atoms with Crippen LogP contribution in [-0.2, 0) is 0 Å². The number of nitrogens with zero attached hydrogens (tertiary/aromatic N) is 1. The maximum atomic E-state index is 4.58. The van der Waals surface area contributed by atoms with E-state index in [0.717, 1.165) is 0 Å². The van der Waals surface area contributed by atoms with E-state index in [4.69, 9.17) is 0 Å². The van der Waals surface area contributed by atoms with Crippen molar-refractivity contribution in [3.05, 3.63) is 29.5 Å². The molecule has 0 atom stereocenters.